The summed E-state index contributed by atoms with van der Waals surface area (Å²) in [5, 5.41) is 0.408. The molecule has 0 spiro atoms. The molecule has 0 N–H and O–H groups in total. The Balaban J connectivity index is 2.25. The second-order valence-corrected chi connectivity index (χ2v) is 15.5. The first-order valence-electron chi connectivity index (χ1n) is 12.0. The number of ether oxygens (including phenoxy) is 5. The lowest BCUT2D eigenvalue weighted by atomic mass is 9.87. The van der Waals surface area contributed by atoms with Crippen LogP contribution < -0.4 is 0 Å². The van der Waals surface area contributed by atoms with E-state index in [0.29, 0.717) is 18.5 Å². The molecule has 7 nitrogen and oxygen atoms in total. The zero-order chi connectivity index (χ0) is 26.1. The lowest BCUT2D eigenvalue weighted by Crippen LogP contribution is -2.57. The maximum atomic E-state index is 13.1. The average Bonchev–Trinajstić information content (AvgIpc) is 2.82. The highest BCUT2D eigenvalue weighted by atomic mass is 79.9. The lowest BCUT2D eigenvalue weighted by Gasteiger charge is -2.46. The first kappa shape index (κ1) is 30.2. The number of carbonyl (C=O) groups excluding carboxylic acids is 1. The van der Waals surface area contributed by atoms with Gasteiger partial charge >= 0.3 is 5.97 Å². The van der Waals surface area contributed by atoms with Gasteiger partial charge in [0.1, 0.15) is 12.9 Å². The first-order chi connectivity index (χ1) is 16.5. The average molecular weight is 574 g/mol. The van der Waals surface area contributed by atoms with Crippen LogP contribution in [-0.4, -0.2) is 64.2 Å². The standard InChI is InChI=1S/C26H41BrO7Si/c1-8-31-23(17-27)33-21-14-15-26(24(28)29-5,34-35(6,7)25(2,3)4)16-22(21)32-19-30-18-20-12-10-9-11-13-20/h9-15,21-23H,8,16-19H2,1-7H3/t21-,22-,23?,26+/m1/s1. The minimum Gasteiger partial charge on any atom is -0.467 e. The van der Waals surface area contributed by atoms with Crippen molar-refractivity contribution in [1.29, 1.82) is 0 Å². The van der Waals surface area contributed by atoms with Crippen molar-refractivity contribution in [2.75, 3.05) is 25.8 Å². The van der Waals surface area contributed by atoms with Gasteiger partial charge in [0.15, 0.2) is 20.2 Å². The Morgan fingerprint density at radius 2 is 1.91 bits per heavy atom. The number of esters is 1. The highest BCUT2D eigenvalue weighted by molar-refractivity contribution is 9.09. The minimum absolute atomic E-state index is 0.0399. The molecular weight excluding hydrogens is 532 g/mol. The third kappa shape index (κ3) is 8.48. The molecule has 0 heterocycles. The second-order valence-electron chi connectivity index (χ2n) is 10.1. The van der Waals surface area contributed by atoms with Gasteiger partial charge in [-0.15, -0.1) is 0 Å². The summed E-state index contributed by atoms with van der Waals surface area (Å²) >= 11 is 3.44. The van der Waals surface area contributed by atoms with Crippen molar-refractivity contribution in [2.24, 2.45) is 0 Å². The topological polar surface area (TPSA) is 72.5 Å². The van der Waals surface area contributed by atoms with E-state index in [1.807, 2.05) is 43.3 Å². The fourth-order valence-corrected chi connectivity index (χ4v) is 5.34. The van der Waals surface area contributed by atoms with E-state index in [0.717, 1.165) is 5.56 Å². The molecule has 1 aromatic rings. The van der Waals surface area contributed by atoms with Crippen molar-refractivity contribution in [3.63, 3.8) is 0 Å². The summed E-state index contributed by atoms with van der Waals surface area (Å²) < 4.78 is 35.6. The van der Waals surface area contributed by atoms with Crippen LogP contribution in [-0.2, 0) is 39.5 Å². The van der Waals surface area contributed by atoms with Gasteiger partial charge in [0.2, 0.25) is 0 Å². The second kappa shape index (κ2) is 13.5. The van der Waals surface area contributed by atoms with Crippen LogP contribution in [0.15, 0.2) is 42.5 Å². The molecule has 35 heavy (non-hydrogen) atoms. The van der Waals surface area contributed by atoms with E-state index in [1.165, 1.54) is 7.11 Å². The van der Waals surface area contributed by atoms with E-state index in [2.05, 4.69) is 49.8 Å². The highest BCUT2D eigenvalue weighted by Crippen LogP contribution is 2.42. The number of methoxy groups -OCH3 is 1. The van der Waals surface area contributed by atoms with Crippen LogP contribution in [0, 0.1) is 0 Å². The van der Waals surface area contributed by atoms with Crippen LogP contribution in [0.4, 0.5) is 0 Å². The fourth-order valence-electron chi connectivity index (χ4n) is 3.54. The number of hydrogen-bond donors (Lipinski definition) is 0. The van der Waals surface area contributed by atoms with Crippen LogP contribution in [0.1, 0.15) is 39.7 Å². The molecule has 198 valence electrons. The van der Waals surface area contributed by atoms with Crippen molar-refractivity contribution >= 4 is 30.2 Å². The lowest BCUT2D eigenvalue weighted by molar-refractivity contribution is -0.203. The van der Waals surface area contributed by atoms with E-state index in [4.69, 9.17) is 28.1 Å². The van der Waals surface area contributed by atoms with Crippen molar-refractivity contribution in [3.8, 4) is 0 Å². The summed E-state index contributed by atoms with van der Waals surface area (Å²) in [5.41, 5.74) is -0.217. The molecule has 0 fully saturated rings. The summed E-state index contributed by atoms with van der Waals surface area (Å²) in [6.07, 6.45) is 2.41. The highest BCUT2D eigenvalue weighted by Gasteiger charge is 2.52. The number of halogens is 1. The molecule has 1 aliphatic carbocycles. The maximum Gasteiger partial charge on any atom is 0.341 e. The molecule has 1 unspecified atom stereocenters. The van der Waals surface area contributed by atoms with Gasteiger partial charge in [-0.2, -0.15) is 0 Å². The quantitative estimate of drug-likeness (QED) is 0.0762. The molecular formula is C26H41BrO7Si. The summed E-state index contributed by atoms with van der Waals surface area (Å²) in [6, 6.07) is 9.88. The number of carbonyl (C=O) groups is 1. The molecule has 0 saturated carbocycles. The third-order valence-electron chi connectivity index (χ3n) is 6.46. The zero-order valence-electron chi connectivity index (χ0n) is 22.0. The van der Waals surface area contributed by atoms with E-state index in [-0.39, 0.29) is 18.3 Å². The Kier molecular flexibility index (Phi) is 11.6. The van der Waals surface area contributed by atoms with Gasteiger partial charge in [-0.1, -0.05) is 73.1 Å². The number of alkyl halides is 1. The van der Waals surface area contributed by atoms with Crippen LogP contribution in [0.25, 0.3) is 0 Å². The molecule has 1 aliphatic rings. The van der Waals surface area contributed by atoms with Gasteiger partial charge in [-0.25, -0.2) is 4.79 Å². The number of benzene rings is 1. The first-order valence-corrected chi connectivity index (χ1v) is 16.0. The maximum absolute atomic E-state index is 13.1. The summed E-state index contributed by atoms with van der Waals surface area (Å²) in [6.45, 7) is 13.5. The van der Waals surface area contributed by atoms with Crippen LogP contribution in [0.5, 0.6) is 0 Å². The Bertz CT molecular complexity index is 812. The largest absolute Gasteiger partial charge is 0.467 e. The third-order valence-corrected chi connectivity index (χ3v) is 11.5. The molecule has 0 radical (unpaired) electrons. The molecule has 0 aliphatic heterocycles. The van der Waals surface area contributed by atoms with Crippen LogP contribution in [0.3, 0.4) is 0 Å². The van der Waals surface area contributed by atoms with Crippen molar-refractivity contribution < 1.29 is 32.9 Å². The van der Waals surface area contributed by atoms with E-state index in [1.54, 1.807) is 6.08 Å². The van der Waals surface area contributed by atoms with Crippen LogP contribution in [0.2, 0.25) is 18.1 Å². The van der Waals surface area contributed by atoms with E-state index < -0.39 is 38.4 Å². The van der Waals surface area contributed by atoms with E-state index >= 15 is 0 Å². The Morgan fingerprint density at radius 3 is 2.49 bits per heavy atom. The van der Waals surface area contributed by atoms with Gasteiger partial charge in [0.25, 0.3) is 0 Å². The zero-order valence-corrected chi connectivity index (χ0v) is 24.6. The van der Waals surface area contributed by atoms with Gasteiger partial charge in [0.05, 0.1) is 25.2 Å². The monoisotopic (exact) mass is 572 g/mol. The normalized spacial score (nSPS) is 23.8. The van der Waals surface area contributed by atoms with Gasteiger partial charge in [0, 0.05) is 13.0 Å². The van der Waals surface area contributed by atoms with Gasteiger partial charge in [-0.3, -0.25) is 0 Å². The Morgan fingerprint density at radius 1 is 1.23 bits per heavy atom. The predicted molar refractivity (Wildman–Crippen MR) is 142 cm³/mol. The van der Waals surface area contributed by atoms with Gasteiger partial charge in [-0.05, 0) is 36.7 Å². The number of hydrogen-bond acceptors (Lipinski definition) is 7. The molecule has 9 heteroatoms. The van der Waals surface area contributed by atoms with E-state index in [9.17, 15) is 4.79 Å². The number of rotatable bonds is 13. The van der Waals surface area contributed by atoms with Gasteiger partial charge < -0.3 is 28.1 Å². The molecule has 1 aromatic carbocycles. The molecule has 0 aromatic heterocycles. The van der Waals surface area contributed by atoms with Crippen molar-refractivity contribution in [2.45, 2.75) is 83.0 Å². The molecule has 4 atom stereocenters. The van der Waals surface area contributed by atoms with Crippen molar-refractivity contribution in [3.05, 3.63) is 48.0 Å². The van der Waals surface area contributed by atoms with Crippen LogP contribution >= 0.6 is 15.9 Å². The summed E-state index contributed by atoms with van der Waals surface area (Å²) in [4.78, 5) is 13.1. The SMILES string of the molecule is CCOC(CBr)O[C@@H]1C=C[C@@](O[Si](C)(C)C(C)(C)C)(C(=O)OC)C[C@H]1OCOCc1ccccc1. The molecule has 2 rings (SSSR count). The molecule has 0 saturated heterocycles. The Hall–Kier alpha value is -1.07. The molecule has 0 amide bonds. The van der Waals surface area contributed by atoms with Crippen molar-refractivity contribution in [1.82, 2.24) is 0 Å². The summed E-state index contributed by atoms with van der Waals surface area (Å²) in [5.74, 6) is -0.447. The Labute approximate surface area is 219 Å². The summed E-state index contributed by atoms with van der Waals surface area (Å²) in [7, 11) is -0.962. The predicted octanol–water partition coefficient (Wildman–Crippen LogP) is 5.58. The molecule has 0 bridgehead atoms. The smallest absolute Gasteiger partial charge is 0.341 e. The minimum atomic E-state index is -2.34. The fraction of sp³-hybridized carbons (Fsp3) is 0.654.